The van der Waals surface area contributed by atoms with Crippen molar-refractivity contribution in [2.24, 2.45) is 17.1 Å². The Bertz CT molecular complexity index is 231. The molecule has 0 aliphatic carbocycles. The van der Waals surface area contributed by atoms with E-state index in [2.05, 4.69) is 24.1 Å². The summed E-state index contributed by atoms with van der Waals surface area (Å²) in [5.41, 5.74) is 5.39. The van der Waals surface area contributed by atoms with E-state index in [9.17, 15) is 4.79 Å². The molecule has 1 amide bonds. The standard InChI is InChI=1S/C14H31N3O/c1-7-14(8-2,10-15)13(18)16-9-12(11(3)4)17(5)6/h11-12H,7-10,15H2,1-6H3,(H,16,18). The van der Waals surface area contributed by atoms with Gasteiger partial charge < -0.3 is 16.0 Å². The predicted molar refractivity (Wildman–Crippen MR) is 77.4 cm³/mol. The van der Waals surface area contributed by atoms with Crippen molar-refractivity contribution < 1.29 is 4.79 Å². The first kappa shape index (κ1) is 17.4. The number of nitrogens with one attached hydrogen (secondary N) is 1. The third-order valence-electron chi connectivity index (χ3n) is 4.13. The molecule has 0 aliphatic rings. The zero-order valence-corrected chi connectivity index (χ0v) is 12.9. The Kier molecular flexibility index (Phi) is 7.48. The molecule has 1 unspecified atom stereocenters. The fraction of sp³-hybridized carbons (Fsp3) is 0.929. The third kappa shape index (κ3) is 4.25. The Balaban J connectivity index is 4.56. The summed E-state index contributed by atoms with van der Waals surface area (Å²) in [4.78, 5) is 14.5. The molecule has 0 aromatic carbocycles. The maximum absolute atomic E-state index is 12.3. The van der Waals surface area contributed by atoms with E-state index in [0.717, 1.165) is 12.8 Å². The van der Waals surface area contributed by atoms with Crippen molar-refractivity contribution in [3.05, 3.63) is 0 Å². The van der Waals surface area contributed by atoms with Crippen LogP contribution in [0.1, 0.15) is 40.5 Å². The minimum absolute atomic E-state index is 0.0995. The van der Waals surface area contributed by atoms with Gasteiger partial charge in [-0.2, -0.15) is 0 Å². The molecule has 0 spiro atoms. The summed E-state index contributed by atoms with van der Waals surface area (Å²) in [7, 11) is 4.10. The molecule has 0 heterocycles. The topological polar surface area (TPSA) is 58.4 Å². The van der Waals surface area contributed by atoms with Gasteiger partial charge in [0.1, 0.15) is 0 Å². The van der Waals surface area contributed by atoms with Crippen LogP contribution in [-0.4, -0.2) is 44.0 Å². The van der Waals surface area contributed by atoms with Gasteiger partial charge in [0.05, 0.1) is 5.41 Å². The van der Waals surface area contributed by atoms with Crippen LogP contribution in [0.4, 0.5) is 0 Å². The van der Waals surface area contributed by atoms with E-state index in [-0.39, 0.29) is 5.91 Å². The van der Waals surface area contributed by atoms with Gasteiger partial charge in [-0.1, -0.05) is 27.7 Å². The number of carbonyl (C=O) groups excluding carboxylic acids is 1. The molecule has 0 saturated heterocycles. The number of likely N-dealkylation sites (N-methyl/N-ethyl adjacent to an activating group) is 1. The highest BCUT2D eigenvalue weighted by atomic mass is 16.2. The molecule has 0 aliphatic heterocycles. The van der Waals surface area contributed by atoms with Crippen LogP contribution in [0.3, 0.4) is 0 Å². The number of amides is 1. The molecule has 0 saturated carbocycles. The van der Waals surface area contributed by atoms with Crippen LogP contribution in [0.5, 0.6) is 0 Å². The van der Waals surface area contributed by atoms with E-state index >= 15 is 0 Å². The quantitative estimate of drug-likeness (QED) is 0.692. The van der Waals surface area contributed by atoms with E-state index in [4.69, 9.17) is 5.73 Å². The van der Waals surface area contributed by atoms with E-state index < -0.39 is 5.41 Å². The van der Waals surface area contributed by atoms with Crippen molar-refractivity contribution in [1.82, 2.24) is 10.2 Å². The number of rotatable bonds is 8. The van der Waals surface area contributed by atoms with Crippen LogP contribution in [0.25, 0.3) is 0 Å². The highest BCUT2D eigenvalue weighted by molar-refractivity contribution is 5.82. The van der Waals surface area contributed by atoms with Crippen LogP contribution in [0.15, 0.2) is 0 Å². The van der Waals surface area contributed by atoms with E-state index in [1.807, 2.05) is 27.9 Å². The van der Waals surface area contributed by atoms with Crippen molar-refractivity contribution in [2.45, 2.75) is 46.6 Å². The normalized spacial score (nSPS) is 14.1. The van der Waals surface area contributed by atoms with Gasteiger partial charge in [0.15, 0.2) is 0 Å². The maximum atomic E-state index is 12.3. The summed E-state index contributed by atoms with van der Waals surface area (Å²) in [6.07, 6.45) is 1.58. The molecule has 0 radical (unpaired) electrons. The monoisotopic (exact) mass is 257 g/mol. The lowest BCUT2D eigenvalue weighted by Gasteiger charge is -2.32. The van der Waals surface area contributed by atoms with Gasteiger partial charge in [-0.15, -0.1) is 0 Å². The first-order chi connectivity index (χ1) is 8.34. The lowest BCUT2D eigenvalue weighted by atomic mass is 9.81. The first-order valence-corrected chi connectivity index (χ1v) is 6.99. The van der Waals surface area contributed by atoms with Gasteiger partial charge in [0.2, 0.25) is 5.91 Å². The number of hydrogen-bond acceptors (Lipinski definition) is 3. The summed E-state index contributed by atoms with van der Waals surface area (Å²) in [5, 5.41) is 3.08. The summed E-state index contributed by atoms with van der Waals surface area (Å²) in [6.45, 7) is 9.51. The number of carbonyl (C=O) groups is 1. The number of nitrogens with two attached hydrogens (primary N) is 1. The smallest absolute Gasteiger partial charge is 0.227 e. The van der Waals surface area contributed by atoms with Gasteiger partial charge in [-0.3, -0.25) is 4.79 Å². The van der Waals surface area contributed by atoms with E-state index in [0.29, 0.717) is 25.0 Å². The second kappa shape index (κ2) is 7.74. The molecule has 0 rings (SSSR count). The molecule has 0 fully saturated rings. The van der Waals surface area contributed by atoms with Crippen LogP contribution in [0.2, 0.25) is 0 Å². The molecule has 1 atom stereocenters. The summed E-state index contributed by atoms with van der Waals surface area (Å²) < 4.78 is 0. The Hall–Kier alpha value is -0.610. The largest absolute Gasteiger partial charge is 0.354 e. The van der Waals surface area contributed by atoms with Crippen LogP contribution >= 0.6 is 0 Å². The lowest BCUT2D eigenvalue weighted by Crippen LogP contribution is -2.50. The molecule has 108 valence electrons. The molecule has 0 bridgehead atoms. The highest BCUT2D eigenvalue weighted by Crippen LogP contribution is 2.25. The fourth-order valence-electron chi connectivity index (χ4n) is 2.35. The minimum Gasteiger partial charge on any atom is -0.354 e. The second-order valence-corrected chi connectivity index (χ2v) is 5.68. The van der Waals surface area contributed by atoms with Gasteiger partial charge in [0.25, 0.3) is 0 Å². The van der Waals surface area contributed by atoms with Crippen molar-refractivity contribution in [1.29, 1.82) is 0 Å². The zero-order chi connectivity index (χ0) is 14.3. The van der Waals surface area contributed by atoms with Gasteiger partial charge in [-0.25, -0.2) is 0 Å². The van der Waals surface area contributed by atoms with Crippen molar-refractivity contribution in [2.75, 3.05) is 27.2 Å². The Morgan fingerprint density at radius 1 is 1.28 bits per heavy atom. The predicted octanol–water partition coefficient (Wildman–Crippen LogP) is 1.45. The lowest BCUT2D eigenvalue weighted by molar-refractivity contribution is -0.131. The van der Waals surface area contributed by atoms with Crippen LogP contribution in [-0.2, 0) is 4.79 Å². The maximum Gasteiger partial charge on any atom is 0.227 e. The summed E-state index contributed by atoms with van der Waals surface area (Å²) in [5.74, 6) is 0.610. The average Bonchev–Trinajstić information content (AvgIpc) is 2.31. The van der Waals surface area contributed by atoms with Gasteiger partial charge in [-0.05, 0) is 32.9 Å². The van der Waals surface area contributed by atoms with Crippen LogP contribution in [0, 0.1) is 11.3 Å². The van der Waals surface area contributed by atoms with Crippen molar-refractivity contribution in [3.8, 4) is 0 Å². The second-order valence-electron chi connectivity index (χ2n) is 5.68. The molecule has 4 nitrogen and oxygen atoms in total. The molecule has 0 aromatic rings. The number of nitrogens with zero attached hydrogens (tertiary/aromatic N) is 1. The molecular weight excluding hydrogens is 226 g/mol. The fourth-order valence-corrected chi connectivity index (χ4v) is 2.35. The van der Waals surface area contributed by atoms with E-state index in [1.165, 1.54) is 0 Å². The molecular formula is C14H31N3O. The first-order valence-electron chi connectivity index (χ1n) is 6.99. The summed E-state index contributed by atoms with van der Waals surface area (Å²) >= 11 is 0. The highest BCUT2D eigenvalue weighted by Gasteiger charge is 2.33. The minimum atomic E-state index is -0.395. The molecule has 4 heteroatoms. The molecule has 18 heavy (non-hydrogen) atoms. The van der Waals surface area contributed by atoms with Crippen LogP contribution < -0.4 is 11.1 Å². The van der Waals surface area contributed by atoms with Gasteiger partial charge in [0, 0.05) is 19.1 Å². The Morgan fingerprint density at radius 2 is 1.78 bits per heavy atom. The Morgan fingerprint density at radius 3 is 2.06 bits per heavy atom. The van der Waals surface area contributed by atoms with Crippen molar-refractivity contribution in [3.63, 3.8) is 0 Å². The van der Waals surface area contributed by atoms with Crippen molar-refractivity contribution >= 4 is 5.91 Å². The van der Waals surface area contributed by atoms with Gasteiger partial charge >= 0.3 is 0 Å². The molecule has 0 aromatic heterocycles. The molecule has 3 N–H and O–H groups in total. The zero-order valence-electron chi connectivity index (χ0n) is 12.9. The number of hydrogen-bond donors (Lipinski definition) is 2. The SMILES string of the molecule is CCC(CC)(CN)C(=O)NCC(C(C)C)N(C)C. The van der Waals surface area contributed by atoms with E-state index in [1.54, 1.807) is 0 Å². The third-order valence-corrected chi connectivity index (χ3v) is 4.13. The Labute approximate surface area is 112 Å². The summed E-state index contributed by atoms with van der Waals surface area (Å²) in [6, 6.07) is 0.359. The average molecular weight is 257 g/mol.